The lowest BCUT2D eigenvalue weighted by molar-refractivity contribution is 0.264. The van der Waals surface area contributed by atoms with E-state index in [0.717, 1.165) is 30.7 Å². The smallest absolute Gasteiger partial charge is 0.0341 e. The first kappa shape index (κ1) is 14.5. The molecule has 0 heterocycles. The first-order chi connectivity index (χ1) is 9.00. The minimum atomic E-state index is 0.199. The molecule has 0 aromatic heterocycles. The molecule has 2 rings (SSSR count). The lowest BCUT2D eigenvalue weighted by Gasteiger charge is -2.27. The first-order valence-corrected chi connectivity index (χ1v) is 7.58. The van der Waals surface area contributed by atoms with Gasteiger partial charge in [0.2, 0.25) is 0 Å². The van der Waals surface area contributed by atoms with Gasteiger partial charge in [-0.05, 0) is 41.8 Å². The number of nitrogens with two attached hydrogens (primary N) is 1. The van der Waals surface area contributed by atoms with E-state index in [0.29, 0.717) is 6.04 Å². The summed E-state index contributed by atoms with van der Waals surface area (Å²) < 4.78 is 0. The average Bonchev–Trinajstić information content (AvgIpc) is 2.67. The van der Waals surface area contributed by atoms with Crippen LogP contribution in [0.2, 0.25) is 0 Å². The highest BCUT2D eigenvalue weighted by Gasteiger charge is 2.29. The molecule has 0 saturated carbocycles. The van der Waals surface area contributed by atoms with Crippen molar-refractivity contribution in [2.24, 2.45) is 23.5 Å². The van der Waals surface area contributed by atoms with Gasteiger partial charge in [0.15, 0.2) is 0 Å². The van der Waals surface area contributed by atoms with Gasteiger partial charge in [-0.3, -0.25) is 0 Å². The van der Waals surface area contributed by atoms with Gasteiger partial charge in [0.25, 0.3) is 0 Å². The van der Waals surface area contributed by atoms with Crippen LogP contribution < -0.4 is 11.1 Å². The SMILES string of the molecule is CC(C)C(CNC1CC(N)c2ccccc21)C(C)C. The number of rotatable bonds is 5. The van der Waals surface area contributed by atoms with E-state index >= 15 is 0 Å². The van der Waals surface area contributed by atoms with Crippen LogP contribution >= 0.6 is 0 Å². The van der Waals surface area contributed by atoms with Crippen molar-refractivity contribution in [3.05, 3.63) is 35.4 Å². The fourth-order valence-corrected chi connectivity index (χ4v) is 3.39. The minimum Gasteiger partial charge on any atom is -0.324 e. The maximum absolute atomic E-state index is 6.22. The Hall–Kier alpha value is -0.860. The fourth-order valence-electron chi connectivity index (χ4n) is 3.39. The monoisotopic (exact) mass is 260 g/mol. The summed E-state index contributed by atoms with van der Waals surface area (Å²) >= 11 is 0. The first-order valence-electron chi connectivity index (χ1n) is 7.58. The van der Waals surface area contributed by atoms with Gasteiger partial charge in [-0.1, -0.05) is 52.0 Å². The molecule has 0 radical (unpaired) electrons. The normalized spacial score (nSPS) is 22.5. The molecule has 2 heteroatoms. The van der Waals surface area contributed by atoms with Crippen molar-refractivity contribution in [2.45, 2.75) is 46.2 Å². The number of benzene rings is 1. The second kappa shape index (κ2) is 6.06. The van der Waals surface area contributed by atoms with Gasteiger partial charge in [0.05, 0.1) is 0 Å². The standard InChI is InChI=1S/C17H28N2/c1-11(2)15(12(3)4)10-19-17-9-16(18)13-7-5-6-8-14(13)17/h5-8,11-12,15-17,19H,9-10,18H2,1-4H3. The van der Waals surface area contributed by atoms with Gasteiger partial charge in [-0.15, -0.1) is 0 Å². The summed E-state index contributed by atoms with van der Waals surface area (Å²) in [6.07, 6.45) is 1.03. The van der Waals surface area contributed by atoms with Crippen LogP contribution in [0.15, 0.2) is 24.3 Å². The van der Waals surface area contributed by atoms with Gasteiger partial charge in [0.1, 0.15) is 0 Å². The summed E-state index contributed by atoms with van der Waals surface area (Å²) in [5.74, 6) is 2.17. The topological polar surface area (TPSA) is 38.0 Å². The molecule has 0 bridgehead atoms. The molecule has 1 aromatic rings. The molecule has 0 aliphatic heterocycles. The Morgan fingerprint density at radius 3 is 2.26 bits per heavy atom. The summed E-state index contributed by atoms with van der Waals surface area (Å²) in [4.78, 5) is 0. The number of hydrogen-bond acceptors (Lipinski definition) is 2. The van der Waals surface area contributed by atoms with Gasteiger partial charge in [-0.2, -0.15) is 0 Å². The minimum absolute atomic E-state index is 0.199. The van der Waals surface area contributed by atoms with Gasteiger partial charge >= 0.3 is 0 Å². The molecule has 1 aromatic carbocycles. The Labute approximate surface area is 117 Å². The molecule has 19 heavy (non-hydrogen) atoms. The highest BCUT2D eigenvalue weighted by molar-refractivity contribution is 5.37. The molecule has 2 atom stereocenters. The van der Waals surface area contributed by atoms with Crippen LogP contribution in [-0.2, 0) is 0 Å². The van der Waals surface area contributed by atoms with E-state index in [1.54, 1.807) is 0 Å². The highest BCUT2D eigenvalue weighted by atomic mass is 14.9. The molecule has 0 saturated heterocycles. The molecule has 0 fully saturated rings. The summed E-state index contributed by atoms with van der Waals surface area (Å²) in [6.45, 7) is 10.4. The number of nitrogens with one attached hydrogen (secondary N) is 1. The quantitative estimate of drug-likeness (QED) is 0.848. The molecule has 1 aliphatic carbocycles. The molecule has 106 valence electrons. The zero-order valence-electron chi connectivity index (χ0n) is 12.7. The third-order valence-corrected chi connectivity index (χ3v) is 4.57. The van der Waals surface area contributed by atoms with Crippen molar-refractivity contribution in [1.29, 1.82) is 0 Å². The third-order valence-electron chi connectivity index (χ3n) is 4.57. The second-order valence-electron chi connectivity index (χ2n) is 6.58. The Kier molecular flexibility index (Phi) is 4.64. The molecular weight excluding hydrogens is 232 g/mol. The summed E-state index contributed by atoms with van der Waals surface area (Å²) in [5, 5.41) is 3.75. The summed E-state index contributed by atoms with van der Waals surface area (Å²) in [7, 11) is 0. The van der Waals surface area contributed by atoms with Gasteiger partial charge < -0.3 is 11.1 Å². The Morgan fingerprint density at radius 1 is 1.11 bits per heavy atom. The molecule has 0 spiro atoms. The molecule has 3 N–H and O–H groups in total. The maximum atomic E-state index is 6.22. The van der Waals surface area contributed by atoms with Crippen molar-refractivity contribution in [3.8, 4) is 0 Å². The van der Waals surface area contributed by atoms with Gasteiger partial charge in [-0.25, -0.2) is 0 Å². The largest absolute Gasteiger partial charge is 0.324 e. The van der Waals surface area contributed by atoms with E-state index in [2.05, 4.69) is 57.3 Å². The maximum Gasteiger partial charge on any atom is 0.0341 e. The zero-order chi connectivity index (χ0) is 14.0. The van der Waals surface area contributed by atoms with Gasteiger partial charge in [0, 0.05) is 12.1 Å². The second-order valence-corrected chi connectivity index (χ2v) is 6.58. The Morgan fingerprint density at radius 2 is 1.68 bits per heavy atom. The van der Waals surface area contributed by atoms with Crippen LogP contribution in [0.3, 0.4) is 0 Å². The lowest BCUT2D eigenvalue weighted by atomic mass is 9.85. The van der Waals surface area contributed by atoms with Crippen LogP contribution in [0.5, 0.6) is 0 Å². The van der Waals surface area contributed by atoms with Crippen molar-refractivity contribution in [1.82, 2.24) is 5.32 Å². The van der Waals surface area contributed by atoms with Crippen LogP contribution in [0.25, 0.3) is 0 Å². The third kappa shape index (κ3) is 3.18. The van der Waals surface area contributed by atoms with E-state index in [9.17, 15) is 0 Å². The molecule has 0 amide bonds. The Bertz CT molecular complexity index is 403. The average molecular weight is 260 g/mol. The highest BCUT2D eigenvalue weighted by Crippen LogP contribution is 2.37. The molecular formula is C17H28N2. The zero-order valence-corrected chi connectivity index (χ0v) is 12.7. The molecule has 2 nitrogen and oxygen atoms in total. The van der Waals surface area contributed by atoms with Crippen LogP contribution in [0, 0.1) is 17.8 Å². The number of hydrogen-bond donors (Lipinski definition) is 2. The van der Waals surface area contributed by atoms with E-state index in [1.807, 2.05) is 0 Å². The van der Waals surface area contributed by atoms with Crippen molar-refractivity contribution in [2.75, 3.05) is 6.54 Å². The van der Waals surface area contributed by atoms with E-state index in [4.69, 9.17) is 5.73 Å². The van der Waals surface area contributed by atoms with Crippen LogP contribution in [0.1, 0.15) is 57.3 Å². The lowest BCUT2D eigenvalue weighted by Crippen LogP contribution is -2.32. The Balaban J connectivity index is 2.02. The van der Waals surface area contributed by atoms with E-state index in [1.165, 1.54) is 11.1 Å². The van der Waals surface area contributed by atoms with E-state index in [-0.39, 0.29) is 6.04 Å². The molecule has 2 unspecified atom stereocenters. The predicted molar refractivity (Wildman–Crippen MR) is 81.9 cm³/mol. The molecule has 1 aliphatic rings. The van der Waals surface area contributed by atoms with Crippen molar-refractivity contribution >= 4 is 0 Å². The van der Waals surface area contributed by atoms with E-state index < -0.39 is 0 Å². The van der Waals surface area contributed by atoms with Crippen molar-refractivity contribution < 1.29 is 0 Å². The predicted octanol–water partition coefficient (Wildman–Crippen LogP) is 3.65. The van der Waals surface area contributed by atoms with Crippen LogP contribution in [-0.4, -0.2) is 6.54 Å². The summed E-state index contributed by atoms with van der Waals surface area (Å²) in [6, 6.07) is 9.24. The summed E-state index contributed by atoms with van der Waals surface area (Å²) in [5.41, 5.74) is 8.95. The number of fused-ring (bicyclic) bond motifs is 1. The van der Waals surface area contributed by atoms with Crippen molar-refractivity contribution in [3.63, 3.8) is 0 Å². The van der Waals surface area contributed by atoms with Crippen LogP contribution in [0.4, 0.5) is 0 Å². The fraction of sp³-hybridized carbons (Fsp3) is 0.647.